The maximum Gasteiger partial charge on any atom is 0.325 e. The minimum absolute atomic E-state index is 0.185. The van der Waals surface area contributed by atoms with Crippen LogP contribution < -0.4 is 4.90 Å². The Morgan fingerprint density at radius 3 is 2.81 bits per heavy atom. The molecule has 0 spiro atoms. The number of amides is 2. The second-order valence-corrected chi connectivity index (χ2v) is 8.72. The second-order valence-electron chi connectivity index (χ2n) is 5.37. The maximum absolute atomic E-state index is 12.8. The van der Waals surface area contributed by atoms with Crippen molar-refractivity contribution in [1.29, 1.82) is 0 Å². The molecule has 0 saturated carbocycles. The van der Waals surface area contributed by atoms with Crippen LogP contribution in [0.4, 0.5) is 10.5 Å². The predicted octanol–water partition coefficient (Wildman–Crippen LogP) is 1.59. The van der Waals surface area contributed by atoms with E-state index in [9.17, 15) is 13.2 Å². The smallest absolute Gasteiger partial charge is 0.306 e. The molecule has 2 amide bonds. The number of nitrogens with zero attached hydrogens (tertiary/aromatic N) is 2. The standard InChI is InChI=1S/C14H18N2O3S2/c1-21(18,19)13-10-20-9-8-16(13)14(17)15-7-6-11-4-2-3-5-12(11)15/h2-5,13H,6-10H2,1H3. The first-order valence-electron chi connectivity index (χ1n) is 6.91. The largest absolute Gasteiger partial charge is 0.325 e. The van der Waals surface area contributed by atoms with Crippen LogP contribution in [0.1, 0.15) is 5.56 Å². The molecule has 2 heterocycles. The number of para-hydroxylation sites is 1. The van der Waals surface area contributed by atoms with Gasteiger partial charge in [-0.1, -0.05) is 18.2 Å². The Morgan fingerprint density at radius 2 is 2.05 bits per heavy atom. The Labute approximate surface area is 129 Å². The average molecular weight is 326 g/mol. The van der Waals surface area contributed by atoms with Crippen LogP contribution in [-0.2, 0) is 16.3 Å². The Morgan fingerprint density at radius 1 is 1.29 bits per heavy atom. The van der Waals surface area contributed by atoms with Gasteiger partial charge in [-0.25, -0.2) is 13.2 Å². The highest BCUT2D eigenvalue weighted by Crippen LogP contribution is 2.30. The minimum Gasteiger partial charge on any atom is -0.306 e. The van der Waals surface area contributed by atoms with Crippen molar-refractivity contribution >= 4 is 33.3 Å². The van der Waals surface area contributed by atoms with Crippen LogP contribution in [0.5, 0.6) is 0 Å². The first kappa shape index (κ1) is 14.7. The van der Waals surface area contributed by atoms with Gasteiger partial charge >= 0.3 is 6.03 Å². The molecule has 1 saturated heterocycles. The first-order chi connectivity index (χ1) is 9.98. The van der Waals surface area contributed by atoms with Crippen LogP contribution in [0, 0.1) is 0 Å². The summed E-state index contributed by atoms with van der Waals surface area (Å²) in [6, 6.07) is 7.63. The van der Waals surface area contributed by atoms with E-state index in [-0.39, 0.29) is 6.03 Å². The van der Waals surface area contributed by atoms with Gasteiger partial charge in [0.1, 0.15) is 5.37 Å². The van der Waals surface area contributed by atoms with E-state index in [1.54, 1.807) is 16.7 Å². The molecule has 1 atom stereocenters. The maximum atomic E-state index is 12.8. The van der Waals surface area contributed by atoms with Gasteiger partial charge in [0.05, 0.1) is 0 Å². The number of hydrogen-bond donors (Lipinski definition) is 0. The van der Waals surface area contributed by atoms with Crippen molar-refractivity contribution in [2.45, 2.75) is 11.8 Å². The monoisotopic (exact) mass is 326 g/mol. The Kier molecular flexibility index (Phi) is 3.88. The van der Waals surface area contributed by atoms with E-state index in [1.165, 1.54) is 11.2 Å². The number of carbonyl (C=O) groups excluding carboxylic acids is 1. The molecule has 2 aliphatic heterocycles. The van der Waals surface area contributed by atoms with Crippen molar-refractivity contribution in [1.82, 2.24) is 4.90 Å². The van der Waals surface area contributed by atoms with E-state index < -0.39 is 15.2 Å². The molecule has 21 heavy (non-hydrogen) atoms. The quantitative estimate of drug-likeness (QED) is 0.786. The lowest BCUT2D eigenvalue weighted by atomic mass is 10.2. The lowest BCUT2D eigenvalue weighted by Crippen LogP contribution is -2.54. The molecule has 1 fully saturated rings. The summed E-state index contributed by atoms with van der Waals surface area (Å²) in [4.78, 5) is 16.0. The van der Waals surface area contributed by atoms with Gasteiger partial charge in [0.2, 0.25) is 0 Å². The summed E-state index contributed by atoms with van der Waals surface area (Å²) in [5, 5.41) is -0.712. The highest BCUT2D eigenvalue weighted by atomic mass is 32.2. The molecule has 0 bridgehead atoms. The molecule has 5 nitrogen and oxygen atoms in total. The third-order valence-electron chi connectivity index (χ3n) is 3.94. The zero-order valence-electron chi connectivity index (χ0n) is 11.9. The fourth-order valence-corrected chi connectivity index (χ4v) is 5.66. The number of thioether (sulfide) groups is 1. The van der Waals surface area contributed by atoms with Crippen LogP contribution >= 0.6 is 11.8 Å². The zero-order valence-corrected chi connectivity index (χ0v) is 13.5. The normalized spacial score (nSPS) is 22.2. The van der Waals surface area contributed by atoms with Gasteiger partial charge in [-0.2, -0.15) is 11.8 Å². The molecule has 1 aromatic carbocycles. The van der Waals surface area contributed by atoms with E-state index in [0.29, 0.717) is 18.8 Å². The summed E-state index contributed by atoms with van der Waals surface area (Å²) in [6.45, 7) is 1.11. The molecular formula is C14H18N2O3S2. The van der Waals surface area contributed by atoms with Gasteiger partial charge in [-0.3, -0.25) is 4.90 Å². The third-order valence-corrected chi connectivity index (χ3v) is 6.59. The zero-order chi connectivity index (χ0) is 15.0. The minimum atomic E-state index is -3.27. The van der Waals surface area contributed by atoms with Gasteiger partial charge in [-0.15, -0.1) is 0 Å². The summed E-state index contributed by atoms with van der Waals surface area (Å²) < 4.78 is 23.9. The highest BCUT2D eigenvalue weighted by Gasteiger charge is 2.38. The number of rotatable bonds is 1. The molecule has 114 valence electrons. The van der Waals surface area contributed by atoms with Crippen LogP contribution in [0.2, 0.25) is 0 Å². The summed E-state index contributed by atoms with van der Waals surface area (Å²) in [6.07, 6.45) is 2.04. The van der Waals surface area contributed by atoms with Crippen molar-refractivity contribution in [3.05, 3.63) is 29.8 Å². The van der Waals surface area contributed by atoms with Crippen LogP contribution in [-0.4, -0.2) is 55.6 Å². The molecule has 0 radical (unpaired) electrons. The van der Waals surface area contributed by atoms with Gasteiger partial charge in [0.25, 0.3) is 0 Å². The SMILES string of the molecule is CS(=O)(=O)C1CSCCN1C(=O)N1CCc2ccccc21. The number of urea groups is 1. The molecule has 3 rings (SSSR count). The van der Waals surface area contributed by atoms with Crippen molar-refractivity contribution in [2.75, 3.05) is 35.8 Å². The molecule has 2 aliphatic rings. The fraction of sp³-hybridized carbons (Fsp3) is 0.500. The van der Waals surface area contributed by atoms with Crippen molar-refractivity contribution in [3.63, 3.8) is 0 Å². The molecule has 1 unspecified atom stereocenters. The Hall–Kier alpha value is -1.21. The predicted molar refractivity (Wildman–Crippen MR) is 85.6 cm³/mol. The Bertz CT molecular complexity index is 660. The number of hydrogen-bond acceptors (Lipinski definition) is 4. The van der Waals surface area contributed by atoms with Gasteiger partial charge in [0, 0.05) is 36.5 Å². The number of anilines is 1. The van der Waals surface area contributed by atoms with Crippen LogP contribution in [0.15, 0.2) is 24.3 Å². The summed E-state index contributed by atoms with van der Waals surface area (Å²) >= 11 is 1.59. The van der Waals surface area contributed by atoms with E-state index in [1.807, 2.05) is 24.3 Å². The number of carbonyl (C=O) groups is 1. The first-order valence-corrected chi connectivity index (χ1v) is 10.0. The van der Waals surface area contributed by atoms with Crippen molar-refractivity contribution in [3.8, 4) is 0 Å². The summed E-state index contributed by atoms with van der Waals surface area (Å²) in [5.41, 5.74) is 2.06. The molecule has 1 aromatic rings. The number of sulfone groups is 1. The van der Waals surface area contributed by atoms with Gasteiger partial charge < -0.3 is 4.90 Å². The van der Waals surface area contributed by atoms with Crippen molar-refractivity contribution < 1.29 is 13.2 Å². The highest BCUT2D eigenvalue weighted by molar-refractivity contribution is 8.00. The third kappa shape index (κ3) is 2.76. The molecule has 7 heteroatoms. The van der Waals surface area contributed by atoms with Gasteiger partial charge in [-0.05, 0) is 18.1 Å². The van der Waals surface area contributed by atoms with Crippen molar-refractivity contribution in [2.24, 2.45) is 0 Å². The lowest BCUT2D eigenvalue weighted by molar-refractivity contribution is 0.204. The molecular weight excluding hydrogens is 308 g/mol. The van der Waals surface area contributed by atoms with E-state index in [4.69, 9.17) is 0 Å². The molecule has 0 aromatic heterocycles. The number of benzene rings is 1. The van der Waals surface area contributed by atoms with E-state index in [0.717, 1.165) is 23.4 Å². The second kappa shape index (κ2) is 5.53. The van der Waals surface area contributed by atoms with E-state index >= 15 is 0 Å². The average Bonchev–Trinajstić information content (AvgIpc) is 2.89. The number of fused-ring (bicyclic) bond motifs is 1. The molecule has 0 N–H and O–H groups in total. The lowest BCUT2D eigenvalue weighted by Gasteiger charge is -2.36. The summed E-state index contributed by atoms with van der Waals surface area (Å²) in [5.74, 6) is 1.24. The van der Waals surface area contributed by atoms with Crippen LogP contribution in [0.3, 0.4) is 0 Å². The fourth-order valence-electron chi connectivity index (χ4n) is 2.85. The Balaban J connectivity index is 1.88. The summed E-state index contributed by atoms with van der Waals surface area (Å²) in [7, 11) is -3.27. The molecule has 0 aliphatic carbocycles. The van der Waals surface area contributed by atoms with Crippen LogP contribution in [0.25, 0.3) is 0 Å². The topological polar surface area (TPSA) is 57.7 Å². The van der Waals surface area contributed by atoms with E-state index in [2.05, 4.69) is 0 Å². The van der Waals surface area contributed by atoms with Gasteiger partial charge in [0.15, 0.2) is 9.84 Å².